The van der Waals surface area contributed by atoms with E-state index in [-0.39, 0.29) is 17.3 Å². The van der Waals surface area contributed by atoms with Crippen LogP contribution in [0.5, 0.6) is 0 Å². The van der Waals surface area contributed by atoms with Gasteiger partial charge in [0.15, 0.2) is 5.70 Å². The zero-order chi connectivity index (χ0) is 23.9. The molecule has 174 valence electrons. The summed E-state index contributed by atoms with van der Waals surface area (Å²) in [6.07, 6.45) is 7.36. The molecule has 1 aromatic rings. The molecule has 0 radical (unpaired) electrons. The number of hydrogen-bond donors (Lipinski definition) is 2. The molecular weight excluding hydrogens is 388 g/mol. The van der Waals surface area contributed by atoms with Crippen molar-refractivity contribution in [2.75, 3.05) is 13.1 Å². The Labute approximate surface area is 189 Å². The first kappa shape index (κ1) is 30.4. The molecule has 0 atom stereocenters. The van der Waals surface area contributed by atoms with Gasteiger partial charge in [0.2, 0.25) is 0 Å². The summed E-state index contributed by atoms with van der Waals surface area (Å²) in [6, 6.07) is 9.68. The van der Waals surface area contributed by atoms with Crippen LogP contribution in [0.25, 0.3) is 0 Å². The van der Waals surface area contributed by atoms with E-state index in [4.69, 9.17) is 5.73 Å². The molecule has 0 spiro atoms. The van der Waals surface area contributed by atoms with Crippen LogP contribution in [0.4, 0.5) is 0 Å². The molecule has 0 fully saturated rings. The van der Waals surface area contributed by atoms with E-state index in [1.165, 1.54) is 6.21 Å². The molecule has 0 heterocycles. The molecule has 1 aromatic carbocycles. The number of carbonyl (C=O) groups excluding carboxylic acids is 2. The summed E-state index contributed by atoms with van der Waals surface area (Å²) in [7, 11) is 0. The van der Waals surface area contributed by atoms with E-state index in [1.54, 1.807) is 0 Å². The molecule has 31 heavy (non-hydrogen) atoms. The maximum atomic E-state index is 12.0. The van der Waals surface area contributed by atoms with Crippen molar-refractivity contribution in [3.05, 3.63) is 47.3 Å². The summed E-state index contributed by atoms with van der Waals surface area (Å²) in [6.45, 7) is 14.9. The predicted octanol–water partition coefficient (Wildman–Crippen LogP) is 4.73. The number of aldehydes is 1. The quantitative estimate of drug-likeness (QED) is 0.285. The molecule has 0 saturated carbocycles. The Morgan fingerprint density at radius 2 is 1.71 bits per heavy atom. The number of nitrogens with one attached hydrogen (secondary N) is 1. The van der Waals surface area contributed by atoms with Crippen molar-refractivity contribution in [3.63, 3.8) is 0 Å². The normalized spacial score (nSPS) is 10.9. The lowest BCUT2D eigenvalue weighted by Gasteiger charge is -2.16. The average Bonchev–Trinajstić information content (AvgIpc) is 2.79. The van der Waals surface area contributed by atoms with Gasteiger partial charge in [0.25, 0.3) is 5.91 Å². The monoisotopic (exact) mass is 430 g/mol. The maximum absolute atomic E-state index is 12.0. The largest absolute Gasteiger partial charge is 0.396 e. The molecule has 0 aliphatic carbocycles. The van der Waals surface area contributed by atoms with Gasteiger partial charge in [-0.3, -0.25) is 14.8 Å². The minimum atomic E-state index is -0.280. The SMILES string of the molecule is C=N/C(C(=O)NCC(CCC)CCC)=C(/N)C=NCC.CC.O=CCc1ccccc1. The smallest absolute Gasteiger partial charge is 0.272 e. The predicted molar refractivity (Wildman–Crippen MR) is 134 cm³/mol. The first-order valence-electron chi connectivity index (χ1n) is 11.3. The topological polar surface area (TPSA) is 96.9 Å². The molecular formula is C25H42N4O2. The van der Waals surface area contributed by atoms with Crippen molar-refractivity contribution in [1.82, 2.24) is 5.32 Å². The van der Waals surface area contributed by atoms with Crippen LogP contribution in [0.15, 0.2) is 51.7 Å². The highest BCUT2D eigenvalue weighted by molar-refractivity contribution is 5.99. The molecule has 6 heteroatoms. The Hall–Kier alpha value is -2.76. The van der Waals surface area contributed by atoms with Crippen LogP contribution in [0.1, 0.15) is 65.9 Å². The van der Waals surface area contributed by atoms with Gasteiger partial charge in [-0.05, 0) is 38.0 Å². The fourth-order valence-corrected chi connectivity index (χ4v) is 2.74. The number of aliphatic imine (C=N–C) groups is 2. The van der Waals surface area contributed by atoms with E-state index < -0.39 is 0 Å². The molecule has 0 aliphatic rings. The molecule has 0 aromatic heterocycles. The summed E-state index contributed by atoms with van der Waals surface area (Å²) in [5.74, 6) is 0.225. The molecule has 6 nitrogen and oxygen atoms in total. The zero-order valence-corrected chi connectivity index (χ0v) is 20.1. The number of carbonyl (C=O) groups is 2. The van der Waals surface area contributed by atoms with Crippen LogP contribution < -0.4 is 11.1 Å². The highest BCUT2D eigenvalue weighted by Crippen LogP contribution is 2.12. The van der Waals surface area contributed by atoms with Gasteiger partial charge in [-0.2, -0.15) is 0 Å². The second-order valence-electron chi connectivity index (χ2n) is 6.60. The first-order valence-corrected chi connectivity index (χ1v) is 11.3. The number of amides is 1. The number of rotatable bonds is 12. The number of nitrogens with two attached hydrogens (primary N) is 1. The minimum absolute atomic E-state index is 0.147. The van der Waals surface area contributed by atoms with Gasteiger partial charge in [-0.25, -0.2) is 0 Å². The third-order valence-corrected chi connectivity index (χ3v) is 4.17. The second kappa shape index (κ2) is 21.9. The van der Waals surface area contributed by atoms with E-state index in [2.05, 4.69) is 35.9 Å². The number of hydrogen-bond acceptors (Lipinski definition) is 5. The summed E-state index contributed by atoms with van der Waals surface area (Å²) < 4.78 is 0. The van der Waals surface area contributed by atoms with E-state index in [1.807, 2.05) is 51.1 Å². The fourth-order valence-electron chi connectivity index (χ4n) is 2.74. The lowest BCUT2D eigenvalue weighted by Crippen LogP contribution is -2.31. The molecule has 0 bridgehead atoms. The molecule has 1 amide bonds. The van der Waals surface area contributed by atoms with Crippen molar-refractivity contribution < 1.29 is 9.59 Å². The van der Waals surface area contributed by atoms with E-state index in [9.17, 15) is 9.59 Å². The Morgan fingerprint density at radius 3 is 2.16 bits per heavy atom. The molecule has 3 N–H and O–H groups in total. The Morgan fingerprint density at radius 1 is 1.13 bits per heavy atom. The van der Waals surface area contributed by atoms with Crippen molar-refractivity contribution in [2.45, 2.75) is 66.7 Å². The summed E-state index contributed by atoms with van der Waals surface area (Å²) in [5.41, 5.74) is 7.25. The van der Waals surface area contributed by atoms with Gasteiger partial charge in [-0.1, -0.05) is 70.9 Å². The summed E-state index contributed by atoms with van der Waals surface area (Å²) in [5, 5.41) is 2.89. The van der Waals surface area contributed by atoms with Gasteiger partial charge in [0.05, 0.1) is 5.70 Å². The second-order valence-corrected chi connectivity index (χ2v) is 6.60. The molecule has 0 aliphatic heterocycles. The molecule has 1 rings (SSSR count). The fraction of sp³-hybridized carbons (Fsp3) is 0.520. The zero-order valence-electron chi connectivity index (χ0n) is 20.1. The lowest BCUT2D eigenvalue weighted by molar-refractivity contribution is -0.117. The van der Waals surface area contributed by atoms with Crippen molar-refractivity contribution in [1.29, 1.82) is 0 Å². The number of nitrogens with zero attached hydrogens (tertiary/aromatic N) is 2. The highest BCUT2D eigenvalue weighted by Gasteiger charge is 2.13. The van der Waals surface area contributed by atoms with Crippen LogP contribution in [0, 0.1) is 5.92 Å². The van der Waals surface area contributed by atoms with Crippen LogP contribution in [0.3, 0.4) is 0 Å². The summed E-state index contributed by atoms with van der Waals surface area (Å²) in [4.78, 5) is 29.7. The van der Waals surface area contributed by atoms with E-state index in [0.29, 0.717) is 25.4 Å². The molecule has 0 saturated heterocycles. The van der Waals surface area contributed by atoms with Crippen LogP contribution in [-0.2, 0) is 16.0 Å². The van der Waals surface area contributed by atoms with E-state index in [0.717, 1.165) is 37.5 Å². The van der Waals surface area contributed by atoms with Crippen molar-refractivity contribution in [3.8, 4) is 0 Å². The van der Waals surface area contributed by atoms with Gasteiger partial charge < -0.3 is 15.8 Å². The van der Waals surface area contributed by atoms with E-state index >= 15 is 0 Å². The minimum Gasteiger partial charge on any atom is -0.396 e. The lowest BCUT2D eigenvalue weighted by atomic mass is 9.98. The van der Waals surface area contributed by atoms with Crippen molar-refractivity contribution >= 4 is 25.1 Å². The van der Waals surface area contributed by atoms with Crippen LogP contribution >= 0.6 is 0 Å². The number of allylic oxidation sites excluding steroid dienone is 1. The van der Waals surface area contributed by atoms with Gasteiger partial charge in [0.1, 0.15) is 6.29 Å². The van der Waals surface area contributed by atoms with Crippen LogP contribution in [-0.4, -0.2) is 38.2 Å². The van der Waals surface area contributed by atoms with Gasteiger partial charge in [-0.15, -0.1) is 0 Å². The summed E-state index contributed by atoms with van der Waals surface area (Å²) >= 11 is 0. The van der Waals surface area contributed by atoms with Crippen molar-refractivity contribution in [2.24, 2.45) is 21.6 Å². The Bertz CT molecular complexity index is 649. The third kappa shape index (κ3) is 15.7. The standard InChI is InChI=1S/C15H28N4O.C8H8O.C2H6/c1-5-8-12(9-6-2)10-19-15(20)14(17-4)13(16)11-18-7-3;9-7-6-8-4-2-1-3-5-8;1-2/h11-12H,4-10,16H2,1-3H3,(H,19,20);1-5,7H,6H2;1-2H3/b14-13+,18-11?;;. The van der Waals surface area contributed by atoms with Gasteiger partial charge >= 0.3 is 0 Å². The van der Waals surface area contributed by atoms with Gasteiger partial charge in [0, 0.05) is 25.7 Å². The Balaban J connectivity index is 0. The van der Waals surface area contributed by atoms with Crippen LogP contribution in [0.2, 0.25) is 0 Å². The maximum Gasteiger partial charge on any atom is 0.272 e. The average molecular weight is 431 g/mol. The third-order valence-electron chi connectivity index (χ3n) is 4.17. The number of benzene rings is 1. The Kier molecular flexibility index (Phi) is 21.5. The highest BCUT2D eigenvalue weighted by atomic mass is 16.2. The first-order chi connectivity index (χ1) is 15.0. The molecule has 0 unspecified atom stereocenters.